The topological polar surface area (TPSA) is 64.7 Å². The summed E-state index contributed by atoms with van der Waals surface area (Å²) in [6.07, 6.45) is 0. The Kier molecular flexibility index (Phi) is 7.77. The lowest BCUT2D eigenvalue weighted by atomic mass is 9.67. The maximum Gasteiger partial charge on any atom is 0.164 e. The first-order valence-electron chi connectivity index (χ1n) is 21.9. The van der Waals surface area contributed by atoms with Crippen LogP contribution in [0.2, 0.25) is 0 Å². The van der Waals surface area contributed by atoms with Crippen LogP contribution in [0.3, 0.4) is 0 Å². The molecule has 3 aromatic heterocycles. The highest BCUT2D eigenvalue weighted by Crippen LogP contribution is 2.62. The molecule has 65 heavy (non-hydrogen) atoms. The van der Waals surface area contributed by atoms with E-state index in [1.54, 1.807) is 0 Å². The molecular weight excluding hydrogens is 813 g/mol. The smallest absolute Gasteiger partial charge is 0.164 e. The third kappa shape index (κ3) is 5.29. The number of hydrogen-bond donors (Lipinski definition) is 0. The van der Waals surface area contributed by atoms with Crippen molar-refractivity contribution in [2.24, 2.45) is 0 Å². The Labute approximate surface area is 378 Å². The van der Waals surface area contributed by atoms with Crippen molar-refractivity contribution in [1.29, 1.82) is 0 Å². The van der Waals surface area contributed by atoms with Gasteiger partial charge in [0.2, 0.25) is 0 Å². The zero-order valence-electron chi connectivity index (χ0n) is 34.7. The van der Waals surface area contributed by atoms with E-state index in [0.717, 1.165) is 71.6 Å². The van der Waals surface area contributed by atoms with E-state index in [0.29, 0.717) is 17.5 Å². The maximum absolute atomic E-state index is 6.31. The van der Waals surface area contributed by atoms with Crippen LogP contribution in [0.5, 0.6) is 0 Å². The number of fused-ring (bicyclic) bond motifs is 15. The summed E-state index contributed by atoms with van der Waals surface area (Å²) in [7, 11) is 0. The highest BCUT2D eigenvalue weighted by molar-refractivity contribution is 7.99. The molecular formula is C59H34N4OS. The van der Waals surface area contributed by atoms with E-state index in [2.05, 4.69) is 146 Å². The number of pyridine rings is 1. The summed E-state index contributed by atoms with van der Waals surface area (Å²) in [5.74, 6) is 1.74. The molecule has 1 aliphatic heterocycles. The lowest BCUT2D eigenvalue weighted by molar-refractivity contribution is 0.669. The number of para-hydroxylation sites is 1. The normalized spacial score (nSPS) is 13.3. The second-order valence-corrected chi connectivity index (χ2v) is 17.9. The number of furan rings is 1. The van der Waals surface area contributed by atoms with Crippen molar-refractivity contribution in [2.75, 3.05) is 0 Å². The largest absolute Gasteiger partial charge is 0.456 e. The number of aromatic nitrogens is 4. The quantitative estimate of drug-likeness (QED) is 0.164. The molecule has 0 unspecified atom stereocenters. The molecule has 9 aromatic carbocycles. The van der Waals surface area contributed by atoms with Crippen LogP contribution in [0, 0.1) is 0 Å². The second kappa shape index (κ2) is 13.9. The van der Waals surface area contributed by atoms with Gasteiger partial charge < -0.3 is 4.42 Å². The lowest BCUT2D eigenvalue weighted by Crippen LogP contribution is -2.32. The van der Waals surface area contributed by atoms with E-state index in [4.69, 9.17) is 24.4 Å². The van der Waals surface area contributed by atoms with Gasteiger partial charge in [0.15, 0.2) is 17.5 Å². The Morgan fingerprint density at radius 2 is 0.969 bits per heavy atom. The Bertz CT molecular complexity index is 3890. The van der Waals surface area contributed by atoms with Crippen molar-refractivity contribution in [3.8, 4) is 56.5 Å². The van der Waals surface area contributed by atoms with Gasteiger partial charge in [-0.2, -0.15) is 0 Å². The minimum absolute atomic E-state index is 0.501. The van der Waals surface area contributed by atoms with Crippen molar-refractivity contribution in [3.63, 3.8) is 0 Å². The van der Waals surface area contributed by atoms with Gasteiger partial charge in [-0.3, -0.25) is 0 Å². The fourth-order valence-corrected chi connectivity index (χ4v) is 11.8. The van der Waals surface area contributed by atoms with Gasteiger partial charge in [-0.15, -0.1) is 0 Å². The summed E-state index contributed by atoms with van der Waals surface area (Å²) in [6.45, 7) is 0. The van der Waals surface area contributed by atoms with Gasteiger partial charge in [0, 0.05) is 53.6 Å². The van der Waals surface area contributed by atoms with Gasteiger partial charge in [0.05, 0.1) is 16.6 Å². The third-order valence-corrected chi connectivity index (χ3v) is 14.5. The fraction of sp³-hybridized carbons (Fsp3) is 0.0169. The number of rotatable bonds is 4. The molecule has 14 rings (SSSR count). The molecule has 12 aromatic rings. The van der Waals surface area contributed by atoms with Crippen LogP contribution in [0.25, 0.3) is 100 Å². The number of nitrogens with zero attached hydrogens (tertiary/aromatic N) is 4. The number of benzene rings is 9. The molecule has 2 aliphatic rings. The minimum Gasteiger partial charge on any atom is -0.456 e. The van der Waals surface area contributed by atoms with Crippen LogP contribution < -0.4 is 0 Å². The molecule has 302 valence electrons. The van der Waals surface area contributed by atoms with E-state index in [1.807, 2.05) is 72.4 Å². The minimum atomic E-state index is -0.501. The number of hydrogen-bond acceptors (Lipinski definition) is 6. The van der Waals surface area contributed by atoms with Crippen molar-refractivity contribution in [1.82, 2.24) is 19.9 Å². The second-order valence-electron chi connectivity index (χ2n) is 16.8. The molecule has 6 heteroatoms. The SMILES string of the molecule is c1ccc(-c2nc(-c3ccc4c(c3)nc(-c3ccccc3)c3cc5c(cc34)C3(c4ccccc4S5)c4ccccc4-c4ccccc43)nc(-c3cccc4oc5ccccc5c34)n2)cc1. The molecule has 0 radical (unpaired) electrons. The van der Waals surface area contributed by atoms with Crippen molar-refractivity contribution >= 4 is 55.4 Å². The predicted molar refractivity (Wildman–Crippen MR) is 263 cm³/mol. The molecule has 0 amide bonds. The van der Waals surface area contributed by atoms with Crippen LogP contribution in [-0.2, 0) is 5.41 Å². The molecule has 0 fully saturated rings. The molecule has 0 N–H and O–H groups in total. The lowest BCUT2D eigenvalue weighted by Gasteiger charge is -2.40. The van der Waals surface area contributed by atoms with Gasteiger partial charge in [-0.05, 0) is 75.2 Å². The van der Waals surface area contributed by atoms with Crippen LogP contribution in [0.1, 0.15) is 22.3 Å². The van der Waals surface area contributed by atoms with Crippen molar-refractivity contribution in [3.05, 3.63) is 229 Å². The van der Waals surface area contributed by atoms with Gasteiger partial charge in [0.25, 0.3) is 0 Å². The first-order valence-corrected chi connectivity index (χ1v) is 22.7. The summed E-state index contributed by atoms with van der Waals surface area (Å²) in [5, 5.41) is 5.34. The van der Waals surface area contributed by atoms with E-state index in [1.165, 1.54) is 43.2 Å². The molecule has 0 atom stereocenters. The van der Waals surface area contributed by atoms with E-state index in [-0.39, 0.29) is 0 Å². The molecule has 0 saturated heterocycles. The maximum atomic E-state index is 6.31. The summed E-state index contributed by atoms with van der Waals surface area (Å²) in [5.41, 5.74) is 14.4. The Morgan fingerprint density at radius 1 is 0.354 bits per heavy atom. The Hall–Kier alpha value is -8.19. The van der Waals surface area contributed by atoms with Crippen LogP contribution in [0.15, 0.2) is 220 Å². The first kappa shape index (κ1) is 36.3. The van der Waals surface area contributed by atoms with E-state index < -0.39 is 5.41 Å². The zero-order chi connectivity index (χ0) is 42.6. The van der Waals surface area contributed by atoms with E-state index in [9.17, 15) is 0 Å². The van der Waals surface area contributed by atoms with E-state index >= 15 is 0 Å². The first-order chi connectivity index (χ1) is 32.2. The highest BCUT2D eigenvalue weighted by Gasteiger charge is 2.50. The monoisotopic (exact) mass is 846 g/mol. The van der Waals surface area contributed by atoms with Gasteiger partial charge in [-0.1, -0.05) is 182 Å². The van der Waals surface area contributed by atoms with Gasteiger partial charge >= 0.3 is 0 Å². The van der Waals surface area contributed by atoms with Crippen molar-refractivity contribution in [2.45, 2.75) is 15.2 Å². The summed E-state index contributed by atoms with van der Waals surface area (Å²) in [4.78, 5) is 23.6. The molecule has 0 saturated carbocycles. The average molecular weight is 847 g/mol. The zero-order valence-corrected chi connectivity index (χ0v) is 35.6. The standard InChI is InChI=1S/C59H34N4OS/c1-3-16-35(17-4-1)55-44-34-53-48(59(47-26-12-14-29-52(47)65-53)45-24-10-7-20-38(45)39-21-8-11-25-46(39)59)33-43(44)40-31-30-37(32-49(40)60-55)57-61-56(36-18-5-2-6-19-36)62-58(63-57)42-23-15-28-51-54(42)41-22-9-13-27-50(41)64-51/h1-34H. The average Bonchev–Trinajstić information content (AvgIpc) is 3.90. The predicted octanol–water partition coefficient (Wildman–Crippen LogP) is 15.0. The summed E-state index contributed by atoms with van der Waals surface area (Å²) < 4.78 is 6.31. The van der Waals surface area contributed by atoms with Crippen LogP contribution >= 0.6 is 11.8 Å². The summed E-state index contributed by atoms with van der Waals surface area (Å²) >= 11 is 1.86. The Morgan fingerprint density at radius 3 is 1.75 bits per heavy atom. The van der Waals surface area contributed by atoms with Crippen LogP contribution in [-0.4, -0.2) is 19.9 Å². The fourth-order valence-electron chi connectivity index (χ4n) is 10.6. The summed E-state index contributed by atoms with van der Waals surface area (Å²) in [6, 6.07) is 73.3. The molecule has 1 aliphatic carbocycles. The molecule has 4 heterocycles. The van der Waals surface area contributed by atoms with Crippen LogP contribution in [0.4, 0.5) is 0 Å². The van der Waals surface area contributed by atoms with Crippen molar-refractivity contribution < 1.29 is 4.42 Å². The van der Waals surface area contributed by atoms with Gasteiger partial charge in [0.1, 0.15) is 11.2 Å². The third-order valence-electron chi connectivity index (χ3n) is 13.4. The Balaban J connectivity index is 1.03. The molecule has 0 bridgehead atoms. The highest BCUT2D eigenvalue weighted by atomic mass is 32.2. The molecule has 1 spiro atoms. The van der Waals surface area contributed by atoms with Gasteiger partial charge in [-0.25, -0.2) is 19.9 Å². The molecule has 5 nitrogen and oxygen atoms in total.